The van der Waals surface area contributed by atoms with Crippen LogP contribution in [0.15, 0.2) is 30.1 Å². The highest BCUT2D eigenvalue weighted by Crippen LogP contribution is 2.22. The van der Waals surface area contributed by atoms with E-state index in [4.69, 9.17) is 0 Å². The first kappa shape index (κ1) is 14.0. The summed E-state index contributed by atoms with van der Waals surface area (Å²) in [5.41, 5.74) is 1.28. The van der Waals surface area contributed by atoms with Crippen molar-refractivity contribution in [1.29, 1.82) is 0 Å². The number of amides is 2. The molecule has 0 radical (unpaired) electrons. The first-order valence-electron chi connectivity index (χ1n) is 6.48. The molecule has 20 heavy (non-hydrogen) atoms. The zero-order valence-corrected chi connectivity index (χ0v) is 11.0. The van der Waals surface area contributed by atoms with Gasteiger partial charge in [-0.2, -0.15) is 0 Å². The van der Waals surface area contributed by atoms with Gasteiger partial charge in [-0.05, 0) is 31.7 Å². The number of anilines is 1. The minimum atomic E-state index is -0.577. The summed E-state index contributed by atoms with van der Waals surface area (Å²) in [5, 5.41) is 15.9. The highest BCUT2D eigenvalue weighted by atomic mass is 16.6. The quantitative estimate of drug-likeness (QED) is 0.490. The van der Waals surface area contributed by atoms with Crippen LogP contribution in [0.2, 0.25) is 0 Å². The van der Waals surface area contributed by atoms with Crippen molar-refractivity contribution in [3.05, 3.63) is 40.2 Å². The van der Waals surface area contributed by atoms with Gasteiger partial charge in [-0.25, -0.2) is 4.79 Å². The summed E-state index contributed by atoms with van der Waals surface area (Å²) in [6.45, 7) is 0.524. The van der Waals surface area contributed by atoms with E-state index in [1.165, 1.54) is 24.3 Å². The second-order valence-corrected chi connectivity index (χ2v) is 4.54. The van der Waals surface area contributed by atoms with E-state index in [1.807, 2.05) is 0 Å². The first-order valence-corrected chi connectivity index (χ1v) is 6.48. The van der Waals surface area contributed by atoms with Crippen LogP contribution in [0, 0.1) is 10.1 Å². The Morgan fingerprint density at radius 3 is 3.05 bits per heavy atom. The molecule has 0 spiro atoms. The lowest BCUT2D eigenvalue weighted by Crippen LogP contribution is -2.29. The van der Waals surface area contributed by atoms with E-state index in [1.54, 1.807) is 0 Å². The molecule has 1 aromatic rings. The van der Waals surface area contributed by atoms with Crippen LogP contribution >= 0.6 is 0 Å². The Labute approximate surface area is 116 Å². The molecule has 2 amide bonds. The Kier molecular flexibility index (Phi) is 4.65. The fraction of sp³-hybridized carbons (Fsp3) is 0.385. The van der Waals surface area contributed by atoms with Gasteiger partial charge in [0.1, 0.15) is 11.9 Å². The van der Waals surface area contributed by atoms with E-state index in [-0.39, 0.29) is 11.4 Å². The number of allylic oxidation sites excluding steroid dienone is 1. The molecule has 0 saturated heterocycles. The molecule has 0 atom stereocenters. The molecule has 0 aromatic carbocycles. The lowest BCUT2D eigenvalue weighted by Gasteiger charge is -2.08. The van der Waals surface area contributed by atoms with Crippen LogP contribution in [0.3, 0.4) is 0 Å². The maximum Gasteiger partial charge on any atom is 0.319 e. The van der Waals surface area contributed by atoms with E-state index in [0.717, 1.165) is 25.5 Å². The zero-order valence-electron chi connectivity index (χ0n) is 11.0. The Bertz CT molecular complexity index is 542. The molecule has 1 aliphatic rings. The predicted octanol–water partition coefficient (Wildman–Crippen LogP) is 2.61. The summed E-state index contributed by atoms with van der Waals surface area (Å²) in [4.78, 5) is 25.5. The first-order chi connectivity index (χ1) is 9.66. The molecular weight excluding hydrogens is 260 g/mol. The average Bonchev–Trinajstić information content (AvgIpc) is 2.92. The third kappa shape index (κ3) is 3.78. The maximum absolute atomic E-state index is 11.7. The summed E-state index contributed by atoms with van der Waals surface area (Å²) in [6.07, 6.45) is 8.93. The van der Waals surface area contributed by atoms with E-state index < -0.39 is 11.0 Å². The second kappa shape index (κ2) is 6.65. The van der Waals surface area contributed by atoms with Gasteiger partial charge in [-0.15, -0.1) is 0 Å². The molecule has 2 N–H and O–H groups in total. The highest BCUT2D eigenvalue weighted by Gasteiger charge is 2.15. The summed E-state index contributed by atoms with van der Waals surface area (Å²) in [7, 11) is 0. The minimum absolute atomic E-state index is 0.141. The Hall–Kier alpha value is -2.44. The third-order valence-electron chi connectivity index (χ3n) is 3.11. The molecule has 2 rings (SSSR count). The van der Waals surface area contributed by atoms with Gasteiger partial charge in [0, 0.05) is 12.7 Å². The monoisotopic (exact) mass is 276 g/mol. The minimum Gasteiger partial charge on any atom is -0.338 e. The van der Waals surface area contributed by atoms with Gasteiger partial charge in [-0.1, -0.05) is 11.6 Å². The number of hydrogen-bond acceptors (Lipinski definition) is 4. The molecule has 7 nitrogen and oxygen atoms in total. The predicted molar refractivity (Wildman–Crippen MR) is 74.5 cm³/mol. The van der Waals surface area contributed by atoms with Gasteiger partial charge in [0.15, 0.2) is 0 Å². The van der Waals surface area contributed by atoms with Crippen molar-refractivity contribution in [3.8, 4) is 0 Å². The molecule has 0 bridgehead atoms. The number of carbonyl (C=O) groups is 1. The van der Waals surface area contributed by atoms with Gasteiger partial charge in [0.25, 0.3) is 0 Å². The number of rotatable bonds is 5. The van der Waals surface area contributed by atoms with E-state index in [9.17, 15) is 14.9 Å². The summed E-state index contributed by atoms with van der Waals surface area (Å²) < 4.78 is 0. The van der Waals surface area contributed by atoms with Gasteiger partial charge >= 0.3 is 11.7 Å². The number of carbonyl (C=O) groups excluding carboxylic acids is 1. The number of nitro groups is 1. The largest absolute Gasteiger partial charge is 0.338 e. The topological polar surface area (TPSA) is 97.2 Å². The van der Waals surface area contributed by atoms with Crippen molar-refractivity contribution in [3.63, 3.8) is 0 Å². The van der Waals surface area contributed by atoms with Crippen LogP contribution in [-0.2, 0) is 0 Å². The lowest BCUT2D eigenvalue weighted by atomic mass is 10.2. The van der Waals surface area contributed by atoms with Gasteiger partial charge in [-0.3, -0.25) is 15.1 Å². The van der Waals surface area contributed by atoms with E-state index in [2.05, 4.69) is 21.7 Å². The standard InChI is InChI=1S/C13H16N4O3/c18-13(15-8-5-10-3-1-2-4-10)16-11-6-7-14-9-12(11)17(19)20/h3,6-7,9H,1-2,4-5,8H2,(H2,14,15,16,18). The van der Waals surface area contributed by atoms with Crippen LogP contribution in [-0.4, -0.2) is 22.5 Å². The average molecular weight is 276 g/mol. The van der Waals surface area contributed by atoms with E-state index in [0.29, 0.717) is 6.54 Å². The number of aromatic nitrogens is 1. The van der Waals surface area contributed by atoms with Crippen LogP contribution in [0.1, 0.15) is 25.7 Å². The third-order valence-corrected chi connectivity index (χ3v) is 3.11. The van der Waals surface area contributed by atoms with Crippen molar-refractivity contribution < 1.29 is 9.72 Å². The van der Waals surface area contributed by atoms with Gasteiger partial charge in [0.2, 0.25) is 0 Å². The number of nitrogens with one attached hydrogen (secondary N) is 2. The summed E-state index contributed by atoms with van der Waals surface area (Å²) in [6, 6.07) is 0.954. The molecule has 0 fully saturated rings. The number of nitrogens with zero attached hydrogens (tertiary/aromatic N) is 2. The molecule has 0 aliphatic heterocycles. The molecule has 1 aromatic heterocycles. The van der Waals surface area contributed by atoms with Crippen LogP contribution in [0.5, 0.6) is 0 Å². The molecule has 0 unspecified atom stereocenters. The van der Waals surface area contributed by atoms with Crippen molar-refractivity contribution in [2.75, 3.05) is 11.9 Å². The highest BCUT2D eigenvalue weighted by molar-refractivity contribution is 5.91. The molecule has 1 aliphatic carbocycles. The van der Waals surface area contributed by atoms with Crippen LogP contribution < -0.4 is 10.6 Å². The second-order valence-electron chi connectivity index (χ2n) is 4.54. The Balaban J connectivity index is 1.83. The normalized spacial score (nSPS) is 13.7. The van der Waals surface area contributed by atoms with Crippen LogP contribution in [0.25, 0.3) is 0 Å². The molecule has 0 saturated carbocycles. The molecule has 106 valence electrons. The molecule has 7 heteroatoms. The summed E-state index contributed by atoms with van der Waals surface area (Å²) >= 11 is 0. The van der Waals surface area contributed by atoms with Crippen molar-refractivity contribution in [1.82, 2.24) is 10.3 Å². The molecular formula is C13H16N4O3. The van der Waals surface area contributed by atoms with E-state index >= 15 is 0 Å². The number of pyridine rings is 1. The fourth-order valence-electron chi connectivity index (χ4n) is 2.10. The Morgan fingerprint density at radius 1 is 1.50 bits per heavy atom. The summed E-state index contributed by atoms with van der Waals surface area (Å²) in [5.74, 6) is 0. The zero-order chi connectivity index (χ0) is 14.4. The fourth-order valence-corrected chi connectivity index (χ4v) is 2.10. The van der Waals surface area contributed by atoms with Gasteiger partial charge < -0.3 is 10.6 Å². The maximum atomic E-state index is 11.7. The number of hydrogen-bond donors (Lipinski definition) is 2. The van der Waals surface area contributed by atoms with Crippen molar-refractivity contribution in [2.45, 2.75) is 25.7 Å². The lowest BCUT2D eigenvalue weighted by molar-refractivity contribution is -0.384. The van der Waals surface area contributed by atoms with Crippen molar-refractivity contribution in [2.24, 2.45) is 0 Å². The van der Waals surface area contributed by atoms with Gasteiger partial charge in [0.05, 0.1) is 4.92 Å². The van der Waals surface area contributed by atoms with Crippen molar-refractivity contribution >= 4 is 17.4 Å². The smallest absolute Gasteiger partial charge is 0.319 e. The molecule has 1 heterocycles. The number of urea groups is 1. The Morgan fingerprint density at radius 2 is 2.35 bits per heavy atom. The van der Waals surface area contributed by atoms with Crippen LogP contribution in [0.4, 0.5) is 16.2 Å². The SMILES string of the molecule is O=C(NCCC1=CCCC1)Nc1ccncc1[N+](=O)[O-].